The molecule has 1 saturated heterocycles. The number of rotatable bonds is 3. The summed E-state index contributed by atoms with van der Waals surface area (Å²) in [5.41, 5.74) is 0.825. The number of hydrogen-bond acceptors (Lipinski definition) is 6. The molecule has 0 saturated carbocycles. The van der Waals surface area contributed by atoms with E-state index >= 15 is 0 Å². The molecule has 2 heterocycles. The van der Waals surface area contributed by atoms with E-state index in [1.54, 1.807) is 23.1 Å². The van der Waals surface area contributed by atoms with Crippen LogP contribution in [0.4, 0.5) is 5.69 Å². The number of anilines is 1. The number of carbonyl (C=O) groups is 3. The molecule has 1 aromatic rings. The summed E-state index contributed by atoms with van der Waals surface area (Å²) in [6, 6.07) is 4.39. The van der Waals surface area contributed by atoms with E-state index in [1.165, 1.54) is 12.0 Å². The summed E-state index contributed by atoms with van der Waals surface area (Å²) in [5.74, 6) is -1.68. The summed E-state index contributed by atoms with van der Waals surface area (Å²) < 4.78 is 5.38. The molecule has 0 aliphatic carbocycles. The van der Waals surface area contributed by atoms with Crippen LogP contribution in [0.15, 0.2) is 22.7 Å². The summed E-state index contributed by atoms with van der Waals surface area (Å²) in [6.45, 7) is 0.272. The number of hydrogen-bond donors (Lipinski definition) is 1. The zero-order chi connectivity index (χ0) is 16.7. The van der Waals surface area contributed by atoms with Gasteiger partial charge in [-0.1, -0.05) is 6.07 Å². The molecule has 2 aliphatic rings. The van der Waals surface area contributed by atoms with E-state index in [-0.39, 0.29) is 19.6 Å². The Balaban J connectivity index is 1.90. The minimum atomic E-state index is -0.675. The zero-order valence-electron chi connectivity index (χ0n) is 12.4. The molecule has 0 unspecified atom stereocenters. The minimum absolute atomic E-state index is 0.0387. The van der Waals surface area contributed by atoms with Crippen LogP contribution in [0.25, 0.3) is 0 Å². The van der Waals surface area contributed by atoms with E-state index in [9.17, 15) is 19.5 Å². The van der Waals surface area contributed by atoms with Gasteiger partial charge >= 0.3 is 11.9 Å². The number of β-amino-alcohol motifs (C(OH)–C–C–N with tert-alkyl or cyclic N) is 1. The first-order valence-corrected chi connectivity index (χ1v) is 7.88. The summed E-state index contributed by atoms with van der Waals surface area (Å²) in [7, 11) is 1.28. The van der Waals surface area contributed by atoms with Gasteiger partial charge in [-0.3, -0.25) is 24.2 Å². The van der Waals surface area contributed by atoms with Crippen molar-refractivity contribution in [1.82, 2.24) is 4.90 Å². The molecule has 1 fully saturated rings. The second kappa shape index (κ2) is 6.03. The van der Waals surface area contributed by atoms with Gasteiger partial charge in [-0.2, -0.15) is 0 Å². The van der Waals surface area contributed by atoms with Crippen LogP contribution < -0.4 is 4.90 Å². The smallest absolute Gasteiger partial charge is 0.323 e. The number of aliphatic hydroxyl groups excluding tert-OH is 1. The lowest BCUT2D eigenvalue weighted by Gasteiger charge is -2.28. The van der Waals surface area contributed by atoms with Crippen molar-refractivity contribution in [3.8, 4) is 0 Å². The highest BCUT2D eigenvalue weighted by Crippen LogP contribution is 2.36. The number of esters is 1. The maximum Gasteiger partial charge on any atom is 0.323 e. The Bertz CT molecular complexity index is 692. The molecule has 7 nitrogen and oxygen atoms in total. The number of benzene rings is 1. The van der Waals surface area contributed by atoms with Crippen LogP contribution >= 0.6 is 15.9 Å². The third-order valence-electron chi connectivity index (χ3n) is 4.12. The number of carbonyl (C=O) groups excluding carboxylic acids is 3. The number of aliphatic hydroxyl groups is 1. The number of halogens is 1. The van der Waals surface area contributed by atoms with Crippen molar-refractivity contribution in [3.63, 3.8) is 0 Å². The molecular weight excluding hydrogens is 368 g/mol. The molecule has 1 aromatic carbocycles. The van der Waals surface area contributed by atoms with Gasteiger partial charge in [0.2, 0.25) is 0 Å². The standard InChI is InChI=1S/C15H15BrN2O5/c1-23-15(22)11-5-8(19)6-17(11)7-18-12-9(13(20)14(18)21)3-2-4-10(12)16/h2-4,8,11,19H,5-7H2,1H3/t8-,11+/m1/s1. The molecule has 1 N–H and O–H groups in total. The molecule has 0 radical (unpaired) electrons. The van der Waals surface area contributed by atoms with Crippen molar-refractivity contribution in [3.05, 3.63) is 28.2 Å². The minimum Gasteiger partial charge on any atom is -0.468 e. The summed E-state index contributed by atoms with van der Waals surface area (Å²) in [6.07, 6.45) is -0.433. The summed E-state index contributed by atoms with van der Waals surface area (Å²) in [5, 5.41) is 9.83. The Labute approximate surface area is 140 Å². The molecule has 8 heteroatoms. The predicted octanol–water partition coefficient (Wildman–Crippen LogP) is 0.544. The molecule has 0 bridgehead atoms. The van der Waals surface area contributed by atoms with Gasteiger partial charge in [0.15, 0.2) is 0 Å². The first-order chi connectivity index (χ1) is 10.9. The van der Waals surface area contributed by atoms with Crippen LogP contribution in [-0.4, -0.2) is 60.1 Å². The van der Waals surface area contributed by atoms with Crippen molar-refractivity contribution >= 4 is 39.3 Å². The number of likely N-dealkylation sites (tertiary alicyclic amines) is 1. The van der Waals surface area contributed by atoms with Gasteiger partial charge < -0.3 is 9.84 Å². The fraction of sp³-hybridized carbons (Fsp3) is 0.400. The lowest BCUT2D eigenvalue weighted by Crippen LogP contribution is -2.46. The van der Waals surface area contributed by atoms with Crippen LogP contribution in [0.3, 0.4) is 0 Å². The summed E-state index contributed by atoms with van der Waals surface area (Å²) in [4.78, 5) is 39.2. The van der Waals surface area contributed by atoms with E-state index in [4.69, 9.17) is 4.74 Å². The zero-order valence-corrected chi connectivity index (χ0v) is 13.9. The third kappa shape index (κ3) is 2.66. The van der Waals surface area contributed by atoms with Gasteiger partial charge in [-0.05, 0) is 28.1 Å². The molecule has 2 atom stereocenters. The fourth-order valence-corrected chi connectivity index (χ4v) is 3.63. The second-order valence-electron chi connectivity index (χ2n) is 5.54. The number of para-hydroxylation sites is 1. The molecule has 23 heavy (non-hydrogen) atoms. The van der Waals surface area contributed by atoms with E-state index in [0.717, 1.165) is 0 Å². The van der Waals surface area contributed by atoms with Crippen molar-refractivity contribution in [2.24, 2.45) is 0 Å². The second-order valence-corrected chi connectivity index (χ2v) is 6.39. The Kier molecular flexibility index (Phi) is 4.22. The quantitative estimate of drug-likeness (QED) is 0.606. The number of fused-ring (bicyclic) bond motifs is 1. The van der Waals surface area contributed by atoms with Gasteiger partial charge in [-0.15, -0.1) is 0 Å². The van der Waals surface area contributed by atoms with Crippen molar-refractivity contribution < 1.29 is 24.2 Å². The molecule has 0 spiro atoms. The van der Waals surface area contributed by atoms with Crippen LogP contribution in [0, 0.1) is 0 Å². The first-order valence-electron chi connectivity index (χ1n) is 7.08. The van der Waals surface area contributed by atoms with Gasteiger partial charge in [0, 0.05) is 17.4 Å². The number of Topliss-reactive ketones (excluding diaryl/α,β-unsaturated/α-hetero) is 1. The number of nitrogens with zero attached hydrogens (tertiary/aromatic N) is 2. The van der Waals surface area contributed by atoms with Crippen LogP contribution in [0.5, 0.6) is 0 Å². The highest BCUT2D eigenvalue weighted by atomic mass is 79.9. The van der Waals surface area contributed by atoms with Crippen molar-refractivity contribution in [2.75, 3.05) is 25.2 Å². The van der Waals surface area contributed by atoms with Crippen molar-refractivity contribution in [1.29, 1.82) is 0 Å². The van der Waals surface area contributed by atoms with Gasteiger partial charge in [0.05, 0.1) is 31.1 Å². The van der Waals surface area contributed by atoms with E-state index in [0.29, 0.717) is 15.7 Å². The highest BCUT2D eigenvalue weighted by molar-refractivity contribution is 9.10. The lowest BCUT2D eigenvalue weighted by atomic mass is 10.1. The summed E-state index contributed by atoms with van der Waals surface area (Å²) >= 11 is 3.36. The Morgan fingerprint density at radius 2 is 2.17 bits per heavy atom. The fourth-order valence-electron chi connectivity index (χ4n) is 3.05. The van der Waals surface area contributed by atoms with E-state index in [1.807, 2.05) is 0 Å². The molecule has 2 aliphatic heterocycles. The molecule has 122 valence electrons. The van der Waals surface area contributed by atoms with Gasteiger partial charge in [0.25, 0.3) is 5.78 Å². The maximum absolute atomic E-state index is 12.3. The molecular formula is C15H15BrN2O5. The van der Waals surface area contributed by atoms with Crippen LogP contribution in [0.1, 0.15) is 16.8 Å². The van der Waals surface area contributed by atoms with Gasteiger partial charge in [-0.25, -0.2) is 0 Å². The first kappa shape index (κ1) is 16.1. The third-order valence-corrected chi connectivity index (χ3v) is 4.76. The molecule has 3 rings (SSSR count). The number of amides is 1. The molecule has 1 amide bonds. The number of ether oxygens (including phenoxy) is 1. The predicted molar refractivity (Wildman–Crippen MR) is 84.0 cm³/mol. The van der Waals surface area contributed by atoms with Gasteiger partial charge in [0.1, 0.15) is 6.04 Å². The Morgan fingerprint density at radius 1 is 1.43 bits per heavy atom. The number of methoxy groups -OCH3 is 1. The topological polar surface area (TPSA) is 87.2 Å². The lowest BCUT2D eigenvalue weighted by molar-refractivity contribution is -0.146. The van der Waals surface area contributed by atoms with E-state index < -0.39 is 29.8 Å². The van der Waals surface area contributed by atoms with Crippen LogP contribution in [0.2, 0.25) is 0 Å². The van der Waals surface area contributed by atoms with Crippen molar-refractivity contribution in [2.45, 2.75) is 18.6 Å². The average Bonchev–Trinajstić information content (AvgIpc) is 3.01. The van der Waals surface area contributed by atoms with Crippen LogP contribution in [-0.2, 0) is 14.3 Å². The molecule has 0 aromatic heterocycles. The normalized spacial score (nSPS) is 24.2. The largest absolute Gasteiger partial charge is 0.468 e. The maximum atomic E-state index is 12.3. The Morgan fingerprint density at radius 3 is 2.87 bits per heavy atom. The number of ketones is 1. The van der Waals surface area contributed by atoms with E-state index in [2.05, 4.69) is 15.9 Å². The monoisotopic (exact) mass is 382 g/mol. The average molecular weight is 383 g/mol. The Hall–Kier alpha value is -1.77. The SMILES string of the molecule is COC(=O)[C@@H]1C[C@@H](O)CN1CN1C(=O)C(=O)c2cccc(Br)c21. The highest BCUT2D eigenvalue weighted by Gasteiger charge is 2.42.